The predicted molar refractivity (Wildman–Crippen MR) is 146 cm³/mol. The molecule has 4 atom stereocenters. The first-order chi connectivity index (χ1) is 18.1. The third kappa shape index (κ3) is 6.79. The number of aliphatic hydroxyl groups excluding tert-OH is 2. The lowest BCUT2D eigenvalue weighted by molar-refractivity contribution is -0.311. The lowest BCUT2D eigenvalue weighted by Gasteiger charge is -2.46. The number of hydrogen-bond donors (Lipinski definition) is 3. The first-order valence-corrected chi connectivity index (χ1v) is 12.9. The van der Waals surface area contributed by atoms with Crippen molar-refractivity contribution >= 4 is 5.91 Å². The Balaban J connectivity index is 1.52. The maximum atomic E-state index is 11.4. The van der Waals surface area contributed by atoms with Crippen molar-refractivity contribution in [2.24, 2.45) is 0 Å². The fourth-order valence-electron chi connectivity index (χ4n) is 4.78. The standard InChI is InChI=1S/C31H37NO6/c1-20-9-8-12-24(17-20)26-18-25(14-13-23(26)15-16-32-21(2)33)37-30-28(35)27(34)29(31(3,4)38-30)36-19-22-10-6-5-7-11-22/h5-14,17-18,27-30,34-35H,15-16,19H2,1-4H3,(H,32,33)/t27-,28+,29+,30+/m0/s1. The van der Waals surface area contributed by atoms with Gasteiger partial charge in [-0.15, -0.1) is 0 Å². The minimum Gasteiger partial charge on any atom is -0.462 e. The van der Waals surface area contributed by atoms with Crippen molar-refractivity contribution in [2.45, 2.75) is 70.9 Å². The van der Waals surface area contributed by atoms with Gasteiger partial charge in [0.2, 0.25) is 12.2 Å². The van der Waals surface area contributed by atoms with Crippen LogP contribution in [0.25, 0.3) is 11.1 Å². The number of ether oxygens (including phenoxy) is 3. The highest BCUT2D eigenvalue weighted by molar-refractivity contribution is 5.73. The molecule has 38 heavy (non-hydrogen) atoms. The second-order valence-electron chi connectivity index (χ2n) is 10.3. The molecular formula is C31H37NO6. The molecule has 1 heterocycles. The lowest BCUT2D eigenvalue weighted by Crippen LogP contribution is -2.64. The molecule has 0 aromatic heterocycles. The van der Waals surface area contributed by atoms with Crippen molar-refractivity contribution in [2.75, 3.05) is 6.54 Å². The quantitative estimate of drug-likeness (QED) is 0.393. The van der Waals surface area contributed by atoms with E-state index in [9.17, 15) is 15.0 Å². The molecule has 0 radical (unpaired) electrons. The number of benzene rings is 3. The molecule has 0 aliphatic carbocycles. The summed E-state index contributed by atoms with van der Waals surface area (Å²) in [6, 6.07) is 23.5. The Bertz CT molecular complexity index is 1230. The Morgan fingerprint density at radius 2 is 1.76 bits per heavy atom. The highest BCUT2D eigenvalue weighted by atomic mass is 16.7. The molecular weight excluding hydrogens is 482 g/mol. The van der Waals surface area contributed by atoms with Crippen molar-refractivity contribution in [3.8, 4) is 16.9 Å². The molecule has 202 valence electrons. The van der Waals surface area contributed by atoms with Crippen LogP contribution < -0.4 is 10.1 Å². The van der Waals surface area contributed by atoms with Crippen LogP contribution in [0.15, 0.2) is 72.8 Å². The van der Waals surface area contributed by atoms with Crippen LogP contribution in [-0.4, -0.2) is 52.9 Å². The third-order valence-corrected chi connectivity index (χ3v) is 6.75. The average molecular weight is 520 g/mol. The number of aryl methyl sites for hydroxylation is 1. The zero-order chi connectivity index (χ0) is 27.3. The number of amides is 1. The molecule has 3 aromatic rings. The van der Waals surface area contributed by atoms with Gasteiger partial charge < -0.3 is 29.7 Å². The second-order valence-corrected chi connectivity index (χ2v) is 10.3. The van der Waals surface area contributed by atoms with Crippen molar-refractivity contribution in [3.05, 3.63) is 89.5 Å². The SMILES string of the molecule is CC(=O)NCCc1ccc(O[C@@H]2OC(C)(C)[C@H](OCc3ccccc3)[C@@H](O)[C@H]2O)cc1-c1cccc(C)c1. The summed E-state index contributed by atoms with van der Waals surface area (Å²) in [6.07, 6.45) is -3.72. The topological polar surface area (TPSA) is 97.3 Å². The number of rotatable bonds is 9. The van der Waals surface area contributed by atoms with Crippen LogP contribution in [0.4, 0.5) is 0 Å². The first-order valence-electron chi connectivity index (χ1n) is 12.9. The summed E-state index contributed by atoms with van der Waals surface area (Å²) in [7, 11) is 0. The van der Waals surface area contributed by atoms with Crippen LogP contribution in [0.3, 0.4) is 0 Å². The van der Waals surface area contributed by atoms with Gasteiger partial charge in [0.25, 0.3) is 0 Å². The van der Waals surface area contributed by atoms with E-state index in [4.69, 9.17) is 14.2 Å². The molecule has 4 rings (SSSR count). The van der Waals surface area contributed by atoms with Crippen LogP contribution in [-0.2, 0) is 27.3 Å². The van der Waals surface area contributed by atoms with E-state index in [0.717, 1.165) is 27.8 Å². The fraction of sp³-hybridized carbons (Fsp3) is 0.387. The molecule has 1 fully saturated rings. The van der Waals surface area contributed by atoms with E-state index in [2.05, 4.69) is 11.4 Å². The Hall–Kier alpha value is -3.23. The van der Waals surface area contributed by atoms with Crippen LogP contribution in [0, 0.1) is 6.92 Å². The number of hydrogen-bond acceptors (Lipinski definition) is 6. The van der Waals surface area contributed by atoms with Gasteiger partial charge in [0.05, 0.1) is 12.2 Å². The maximum absolute atomic E-state index is 11.4. The number of carbonyl (C=O) groups is 1. The van der Waals surface area contributed by atoms with Gasteiger partial charge in [-0.05, 0) is 61.6 Å². The molecule has 7 nitrogen and oxygen atoms in total. The molecule has 7 heteroatoms. The van der Waals surface area contributed by atoms with Crippen LogP contribution >= 0.6 is 0 Å². The van der Waals surface area contributed by atoms with E-state index in [-0.39, 0.29) is 12.5 Å². The summed E-state index contributed by atoms with van der Waals surface area (Å²) in [4.78, 5) is 11.4. The van der Waals surface area contributed by atoms with Crippen LogP contribution in [0.2, 0.25) is 0 Å². The second kappa shape index (κ2) is 12.1. The summed E-state index contributed by atoms with van der Waals surface area (Å²) >= 11 is 0. The maximum Gasteiger partial charge on any atom is 0.229 e. The van der Waals surface area contributed by atoms with Crippen molar-refractivity contribution in [1.82, 2.24) is 5.32 Å². The Labute approximate surface area is 224 Å². The van der Waals surface area contributed by atoms with Gasteiger partial charge in [-0.1, -0.05) is 66.2 Å². The smallest absolute Gasteiger partial charge is 0.229 e. The van der Waals surface area contributed by atoms with Gasteiger partial charge in [-0.25, -0.2) is 0 Å². The zero-order valence-corrected chi connectivity index (χ0v) is 22.4. The highest BCUT2D eigenvalue weighted by Gasteiger charge is 2.51. The summed E-state index contributed by atoms with van der Waals surface area (Å²) < 4.78 is 18.3. The van der Waals surface area contributed by atoms with E-state index in [1.165, 1.54) is 6.92 Å². The van der Waals surface area contributed by atoms with E-state index in [1.54, 1.807) is 0 Å². The lowest BCUT2D eigenvalue weighted by atomic mass is 9.89. The Kier molecular flexibility index (Phi) is 8.84. The molecule has 0 saturated carbocycles. The number of aliphatic hydroxyl groups is 2. The molecule has 0 unspecified atom stereocenters. The Morgan fingerprint density at radius 1 is 1.00 bits per heavy atom. The average Bonchev–Trinajstić information content (AvgIpc) is 2.88. The number of nitrogens with one attached hydrogen (secondary N) is 1. The van der Waals surface area contributed by atoms with E-state index in [1.807, 2.05) is 87.5 Å². The van der Waals surface area contributed by atoms with Crippen LogP contribution in [0.5, 0.6) is 5.75 Å². The molecule has 0 spiro atoms. The highest BCUT2D eigenvalue weighted by Crippen LogP contribution is 2.35. The van der Waals surface area contributed by atoms with Crippen molar-refractivity contribution < 1.29 is 29.2 Å². The van der Waals surface area contributed by atoms with Gasteiger partial charge in [-0.3, -0.25) is 4.79 Å². The largest absolute Gasteiger partial charge is 0.462 e. The Morgan fingerprint density at radius 3 is 2.47 bits per heavy atom. The summed E-state index contributed by atoms with van der Waals surface area (Å²) in [5, 5.41) is 24.7. The summed E-state index contributed by atoms with van der Waals surface area (Å²) in [5.41, 5.74) is 4.20. The van der Waals surface area contributed by atoms with Gasteiger partial charge in [0, 0.05) is 13.5 Å². The monoisotopic (exact) mass is 519 g/mol. The van der Waals surface area contributed by atoms with E-state index < -0.39 is 30.2 Å². The van der Waals surface area contributed by atoms with Crippen molar-refractivity contribution in [1.29, 1.82) is 0 Å². The van der Waals surface area contributed by atoms with E-state index in [0.29, 0.717) is 18.7 Å². The van der Waals surface area contributed by atoms with Gasteiger partial charge in [0.15, 0.2) is 0 Å². The number of carbonyl (C=O) groups excluding carboxylic acids is 1. The minimum atomic E-state index is -1.31. The van der Waals surface area contributed by atoms with Gasteiger partial charge in [0.1, 0.15) is 24.1 Å². The molecule has 3 aromatic carbocycles. The molecule has 1 amide bonds. The van der Waals surface area contributed by atoms with Gasteiger partial charge >= 0.3 is 0 Å². The zero-order valence-electron chi connectivity index (χ0n) is 22.4. The van der Waals surface area contributed by atoms with E-state index >= 15 is 0 Å². The normalized spacial score (nSPS) is 22.6. The predicted octanol–water partition coefficient (Wildman–Crippen LogP) is 4.16. The molecule has 0 bridgehead atoms. The van der Waals surface area contributed by atoms with Gasteiger partial charge in [-0.2, -0.15) is 0 Å². The summed E-state index contributed by atoms with van der Waals surface area (Å²) in [6.45, 7) is 7.97. The first kappa shape index (κ1) is 27.8. The molecule has 3 N–H and O–H groups in total. The minimum absolute atomic E-state index is 0.0716. The summed E-state index contributed by atoms with van der Waals surface area (Å²) in [5.74, 6) is 0.429. The van der Waals surface area contributed by atoms with Crippen molar-refractivity contribution in [3.63, 3.8) is 0 Å². The fourth-order valence-corrected chi connectivity index (χ4v) is 4.78. The molecule has 1 aliphatic rings. The van der Waals surface area contributed by atoms with Crippen LogP contribution in [0.1, 0.15) is 37.5 Å². The third-order valence-electron chi connectivity index (χ3n) is 6.75. The molecule has 1 saturated heterocycles. The molecule has 1 aliphatic heterocycles.